The third kappa shape index (κ3) is 5.82. The first-order valence-corrected chi connectivity index (χ1v) is 12.6. The number of rotatable bonds is 12. The number of carbonyl (C=O) groups excluding carboxylic acids is 1. The second-order valence-electron chi connectivity index (χ2n) is 7.83. The summed E-state index contributed by atoms with van der Waals surface area (Å²) in [5.41, 5.74) is 2.07. The van der Waals surface area contributed by atoms with Crippen LogP contribution in [0.2, 0.25) is 0 Å². The van der Waals surface area contributed by atoms with E-state index < -0.39 is 6.04 Å². The van der Waals surface area contributed by atoms with Crippen molar-refractivity contribution in [2.45, 2.75) is 64.6 Å². The summed E-state index contributed by atoms with van der Waals surface area (Å²) >= 11 is 1.60. The van der Waals surface area contributed by atoms with Gasteiger partial charge in [0.15, 0.2) is 11.5 Å². The molecule has 0 radical (unpaired) electrons. The van der Waals surface area contributed by atoms with Crippen molar-refractivity contribution in [1.29, 1.82) is 0 Å². The first-order valence-electron chi connectivity index (χ1n) is 11.6. The van der Waals surface area contributed by atoms with E-state index in [0.29, 0.717) is 47.1 Å². The van der Waals surface area contributed by atoms with Crippen LogP contribution in [0.5, 0.6) is 11.5 Å². The summed E-state index contributed by atoms with van der Waals surface area (Å²) in [4.78, 5) is 17.8. The Morgan fingerprint density at radius 2 is 1.97 bits per heavy atom. The van der Waals surface area contributed by atoms with Gasteiger partial charge in [-0.3, -0.25) is 0 Å². The summed E-state index contributed by atoms with van der Waals surface area (Å²) in [6.45, 7) is 9.09. The average Bonchev–Trinajstić information content (AvgIpc) is 3.22. The number of anilines is 1. The molecule has 0 amide bonds. The molecule has 1 atom stereocenters. The van der Waals surface area contributed by atoms with Gasteiger partial charge >= 0.3 is 5.97 Å². The van der Waals surface area contributed by atoms with Crippen LogP contribution in [-0.2, 0) is 9.53 Å². The van der Waals surface area contributed by atoms with Crippen molar-refractivity contribution in [3.8, 4) is 11.5 Å². The topological polar surface area (TPSA) is 87.5 Å². The molecule has 180 valence electrons. The number of thioether (sulfide) groups is 1. The molecule has 0 aliphatic carbocycles. The Labute approximate surface area is 200 Å². The quantitative estimate of drug-likeness (QED) is 0.255. The molecule has 1 aliphatic heterocycles. The lowest BCUT2D eigenvalue weighted by atomic mass is 9.95. The lowest BCUT2D eigenvalue weighted by molar-refractivity contribution is -0.139. The van der Waals surface area contributed by atoms with Crippen molar-refractivity contribution < 1.29 is 19.0 Å². The van der Waals surface area contributed by atoms with Crippen LogP contribution in [0.4, 0.5) is 5.95 Å². The SMILES string of the molecule is CCCCOC(=O)C1=C(C)Nc2nc(SCCC)nn2C1c1ccc(OCCC)c(OC)c1. The Bertz CT molecular complexity index is 989. The van der Waals surface area contributed by atoms with E-state index in [2.05, 4.69) is 31.1 Å². The second kappa shape index (κ2) is 12.0. The molecule has 1 N–H and O–H groups in total. The van der Waals surface area contributed by atoms with Gasteiger partial charge in [0.2, 0.25) is 11.1 Å². The van der Waals surface area contributed by atoms with Crippen molar-refractivity contribution in [3.63, 3.8) is 0 Å². The maximum Gasteiger partial charge on any atom is 0.338 e. The molecule has 1 aliphatic rings. The van der Waals surface area contributed by atoms with Gasteiger partial charge in [-0.05, 0) is 43.9 Å². The van der Waals surface area contributed by atoms with E-state index in [1.807, 2.05) is 25.1 Å². The van der Waals surface area contributed by atoms with Crippen LogP contribution >= 0.6 is 11.8 Å². The fourth-order valence-corrected chi connectivity index (χ4v) is 4.21. The molecular weight excluding hydrogens is 440 g/mol. The van der Waals surface area contributed by atoms with Gasteiger partial charge in [0.25, 0.3) is 0 Å². The average molecular weight is 475 g/mol. The second-order valence-corrected chi connectivity index (χ2v) is 8.89. The van der Waals surface area contributed by atoms with E-state index in [-0.39, 0.29) is 5.97 Å². The number of fused-ring (bicyclic) bond motifs is 1. The van der Waals surface area contributed by atoms with Crippen molar-refractivity contribution in [2.75, 3.05) is 31.4 Å². The normalized spacial score (nSPS) is 15.1. The van der Waals surface area contributed by atoms with Crippen LogP contribution in [0.25, 0.3) is 0 Å². The number of allylic oxidation sites excluding steroid dienone is 1. The molecule has 1 aromatic heterocycles. The number of aromatic nitrogens is 3. The Hall–Kier alpha value is -2.68. The van der Waals surface area contributed by atoms with Crippen molar-refractivity contribution in [2.24, 2.45) is 0 Å². The molecule has 2 aromatic rings. The van der Waals surface area contributed by atoms with Gasteiger partial charge in [0, 0.05) is 11.4 Å². The number of hydrogen-bond donors (Lipinski definition) is 1. The molecule has 9 heteroatoms. The van der Waals surface area contributed by atoms with E-state index in [0.717, 1.165) is 37.0 Å². The lowest BCUT2D eigenvalue weighted by Gasteiger charge is -2.28. The Morgan fingerprint density at radius 1 is 1.15 bits per heavy atom. The van der Waals surface area contributed by atoms with Crippen LogP contribution in [-0.4, -0.2) is 46.8 Å². The molecule has 33 heavy (non-hydrogen) atoms. The van der Waals surface area contributed by atoms with Crippen LogP contribution in [0.1, 0.15) is 65.0 Å². The monoisotopic (exact) mass is 474 g/mol. The predicted molar refractivity (Wildman–Crippen MR) is 130 cm³/mol. The number of unbranched alkanes of at least 4 members (excludes halogenated alkanes) is 1. The zero-order chi connectivity index (χ0) is 23.8. The molecule has 1 unspecified atom stereocenters. The van der Waals surface area contributed by atoms with E-state index >= 15 is 0 Å². The largest absolute Gasteiger partial charge is 0.493 e. The molecule has 8 nitrogen and oxygen atoms in total. The summed E-state index contributed by atoms with van der Waals surface area (Å²) in [7, 11) is 1.61. The van der Waals surface area contributed by atoms with Gasteiger partial charge in [-0.15, -0.1) is 5.10 Å². The molecule has 0 spiro atoms. The molecule has 2 heterocycles. The minimum Gasteiger partial charge on any atom is -0.493 e. The molecule has 0 saturated heterocycles. The fraction of sp³-hybridized carbons (Fsp3) is 0.542. The third-order valence-corrected chi connectivity index (χ3v) is 6.23. The summed E-state index contributed by atoms with van der Waals surface area (Å²) in [5.74, 6) is 2.45. The minimum atomic E-state index is -0.493. The highest BCUT2D eigenvalue weighted by Crippen LogP contribution is 2.39. The van der Waals surface area contributed by atoms with Gasteiger partial charge in [-0.25, -0.2) is 9.48 Å². The summed E-state index contributed by atoms with van der Waals surface area (Å²) in [5, 5.41) is 8.65. The molecule has 1 aromatic carbocycles. The zero-order valence-electron chi connectivity index (χ0n) is 20.1. The number of esters is 1. The zero-order valence-corrected chi connectivity index (χ0v) is 21.0. The minimum absolute atomic E-state index is 0.354. The van der Waals surface area contributed by atoms with Crippen LogP contribution in [0.3, 0.4) is 0 Å². The van der Waals surface area contributed by atoms with Gasteiger partial charge in [0.05, 0.1) is 25.9 Å². The Balaban J connectivity index is 2.05. The fourth-order valence-electron chi connectivity index (χ4n) is 3.53. The van der Waals surface area contributed by atoms with Crippen LogP contribution < -0.4 is 14.8 Å². The molecule has 3 rings (SSSR count). The summed E-state index contributed by atoms with van der Waals surface area (Å²) in [6.07, 6.45) is 3.69. The van der Waals surface area contributed by atoms with E-state index in [4.69, 9.17) is 19.3 Å². The molecule has 0 fully saturated rings. The maximum atomic E-state index is 13.2. The number of nitrogens with one attached hydrogen (secondary N) is 1. The standard InChI is InChI=1S/C24H34N4O4S/c1-6-9-13-32-22(29)20-16(4)25-23-26-24(33-14-8-3)27-28(23)21(20)17-10-11-18(31-12-7-2)19(15-17)30-5/h10-11,15,21H,6-9,12-14H2,1-5H3,(H,25,26,27). The summed E-state index contributed by atoms with van der Waals surface area (Å²) in [6, 6.07) is 5.23. The van der Waals surface area contributed by atoms with E-state index in [9.17, 15) is 4.79 Å². The van der Waals surface area contributed by atoms with Crippen LogP contribution in [0, 0.1) is 0 Å². The van der Waals surface area contributed by atoms with E-state index in [1.54, 1.807) is 23.6 Å². The maximum absolute atomic E-state index is 13.2. The number of methoxy groups -OCH3 is 1. The lowest BCUT2D eigenvalue weighted by Crippen LogP contribution is -2.29. The Morgan fingerprint density at radius 3 is 2.67 bits per heavy atom. The van der Waals surface area contributed by atoms with Gasteiger partial charge in [-0.1, -0.05) is 45.0 Å². The number of ether oxygens (including phenoxy) is 3. The molecular formula is C24H34N4O4S. The first kappa shape index (κ1) is 25.0. The van der Waals surface area contributed by atoms with Crippen molar-refractivity contribution in [3.05, 3.63) is 35.0 Å². The van der Waals surface area contributed by atoms with Crippen molar-refractivity contribution >= 4 is 23.7 Å². The van der Waals surface area contributed by atoms with E-state index in [1.165, 1.54) is 0 Å². The Kier molecular flexibility index (Phi) is 9.05. The number of carbonyl (C=O) groups is 1. The smallest absolute Gasteiger partial charge is 0.338 e. The highest BCUT2D eigenvalue weighted by atomic mass is 32.2. The number of hydrogen-bond acceptors (Lipinski definition) is 8. The van der Waals surface area contributed by atoms with Crippen molar-refractivity contribution in [1.82, 2.24) is 14.8 Å². The third-order valence-electron chi connectivity index (χ3n) is 5.18. The first-order chi connectivity index (χ1) is 16.0. The van der Waals surface area contributed by atoms with Gasteiger partial charge in [0.1, 0.15) is 6.04 Å². The van der Waals surface area contributed by atoms with Gasteiger partial charge in [-0.2, -0.15) is 4.98 Å². The highest BCUT2D eigenvalue weighted by molar-refractivity contribution is 7.99. The summed E-state index contributed by atoms with van der Waals surface area (Å²) < 4.78 is 18.8. The number of benzene rings is 1. The molecule has 0 bridgehead atoms. The predicted octanol–water partition coefficient (Wildman–Crippen LogP) is 5.21. The number of nitrogens with zero attached hydrogens (tertiary/aromatic N) is 3. The highest BCUT2D eigenvalue weighted by Gasteiger charge is 2.35. The van der Waals surface area contributed by atoms with Gasteiger partial charge < -0.3 is 19.5 Å². The molecule has 0 saturated carbocycles. The van der Waals surface area contributed by atoms with Crippen LogP contribution in [0.15, 0.2) is 34.6 Å².